The molecule has 1 heterocycles. The van der Waals surface area contributed by atoms with Gasteiger partial charge in [-0.1, -0.05) is 37.5 Å². The van der Waals surface area contributed by atoms with Crippen LogP contribution in [0.1, 0.15) is 56.9 Å². The molecule has 0 bridgehead atoms. The van der Waals surface area contributed by atoms with Gasteiger partial charge in [0.05, 0.1) is 5.69 Å². The van der Waals surface area contributed by atoms with Crippen molar-refractivity contribution in [3.05, 3.63) is 35.5 Å². The third-order valence-electron chi connectivity index (χ3n) is 5.29. The van der Waals surface area contributed by atoms with Crippen molar-refractivity contribution >= 4 is 11.3 Å². The predicted octanol–water partition coefficient (Wildman–Crippen LogP) is 5.03. The first-order valence-electron chi connectivity index (χ1n) is 7.97. The zero-order valence-corrected chi connectivity index (χ0v) is 11.6. The van der Waals surface area contributed by atoms with Crippen LogP contribution in [0.4, 0.5) is 5.69 Å². The molecule has 1 unspecified atom stereocenters. The molecule has 1 saturated carbocycles. The van der Waals surface area contributed by atoms with Crippen molar-refractivity contribution in [1.82, 2.24) is 5.32 Å². The van der Waals surface area contributed by atoms with E-state index in [1.165, 1.54) is 68.3 Å². The molecule has 1 radical (unpaired) electrons. The van der Waals surface area contributed by atoms with Crippen LogP contribution in [-0.2, 0) is 0 Å². The fourth-order valence-electron chi connectivity index (χ4n) is 4.36. The lowest BCUT2D eigenvalue weighted by atomic mass is 9.73. The molecule has 1 aliphatic heterocycles. The van der Waals surface area contributed by atoms with E-state index >= 15 is 0 Å². The molecule has 3 aliphatic rings. The van der Waals surface area contributed by atoms with E-state index in [2.05, 4.69) is 24.3 Å². The SMILES string of the molecule is c1ccc2c(c1)[N]C1=C2CCCC1C1CCCCC1. The number of fused-ring (bicyclic) bond motifs is 2. The molecule has 1 atom stereocenters. The number of nitrogens with zero attached hydrogens (tertiary/aromatic N) is 1. The van der Waals surface area contributed by atoms with E-state index in [-0.39, 0.29) is 0 Å². The van der Waals surface area contributed by atoms with Crippen molar-refractivity contribution < 1.29 is 0 Å². The van der Waals surface area contributed by atoms with Crippen molar-refractivity contribution in [1.29, 1.82) is 0 Å². The third kappa shape index (κ3) is 1.91. The molecule has 0 aromatic heterocycles. The van der Waals surface area contributed by atoms with E-state index in [1.54, 1.807) is 5.57 Å². The first-order valence-corrected chi connectivity index (χ1v) is 7.97. The number of hydrogen-bond acceptors (Lipinski definition) is 0. The third-order valence-corrected chi connectivity index (χ3v) is 5.29. The van der Waals surface area contributed by atoms with Gasteiger partial charge in [0.2, 0.25) is 0 Å². The Labute approximate surface area is 116 Å². The lowest BCUT2D eigenvalue weighted by molar-refractivity contribution is 0.253. The van der Waals surface area contributed by atoms with E-state index in [1.807, 2.05) is 0 Å². The Morgan fingerprint density at radius 2 is 1.74 bits per heavy atom. The molecule has 1 aromatic carbocycles. The van der Waals surface area contributed by atoms with Gasteiger partial charge in [0.1, 0.15) is 0 Å². The van der Waals surface area contributed by atoms with Crippen LogP contribution >= 0.6 is 0 Å². The summed E-state index contributed by atoms with van der Waals surface area (Å²) >= 11 is 0. The maximum Gasteiger partial charge on any atom is 0.0708 e. The maximum atomic E-state index is 5.01. The predicted molar refractivity (Wildman–Crippen MR) is 79.1 cm³/mol. The molecule has 19 heavy (non-hydrogen) atoms. The Hall–Kier alpha value is -1.24. The number of rotatable bonds is 1. The molecular formula is C18H22N. The fraction of sp³-hybridized carbons (Fsp3) is 0.556. The second-order valence-electron chi connectivity index (χ2n) is 6.39. The molecule has 1 aromatic rings. The highest BCUT2D eigenvalue weighted by atomic mass is 14.9. The Morgan fingerprint density at radius 1 is 0.895 bits per heavy atom. The molecular weight excluding hydrogens is 230 g/mol. The molecule has 99 valence electrons. The second kappa shape index (κ2) is 4.70. The van der Waals surface area contributed by atoms with Crippen LogP contribution in [0.2, 0.25) is 0 Å². The van der Waals surface area contributed by atoms with E-state index < -0.39 is 0 Å². The van der Waals surface area contributed by atoms with E-state index in [4.69, 9.17) is 5.32 Å². The number of para-hydroxylation sites is 1. The fourth-order valence-corrected chi connectivity index (χ4v) is 4.36. The highest BCUT2D eigenvalue weighted by Crippen LogP contribution is 2.48. The van der Waals surface area contributed by atoms with E-state index in [9.17, 15) is 0 Å². The van der Waals surface area contributed by atoms with Gasteiger partial charge in [0.25, 0.3) is 0 Å². The monoisotopic (exact) mass is 252 g/mol. The standard InChI is InChI=1S/C18H22N/c1-2-7-13(8-3-1)14-10-6-11-16-15-9-4-5-12-17(15)19-18(14)16/h4-5,9,12-14H,1-3,6-8,10-11H2. The van der Waals surface area contributed by atoms with E-state index in [0.717, 1.165) is 11.8 Å². The smallest absolute Gasteiger partial charge is 0.0708 e. The van der Waals surface area contributed by atoms with E-state index in [0.29, 0.717) is 0 Å². The van der Waals surface area contributed by atoms with Crippen LogP contribution in [0.15, 0.2) is 30.0 Å². The van der Waals surface area contributed by atoms with Gasteiger partial charge in [-0.3, -0.25) is 5.32 Å². The van der Waals surface area contributed by atoms with Crippen LogP contribution in [0.25, 0.3) is 5.57 Å². The Kier molecular flexibility index (Phi) is 2.86. The average Bonchev–Trinajstić information content (AvgIpc) is 2.87. The van der Waals surface area contributed by atoms with Gasteiger partial charge in [0, 0.05) is 17.2 Å². The molecule has 4 rings (SSSR count). The van der Waals surface area contributed by atoms with Crippen LogP contribution < -0.4 is 5.32 Å². The summed E-state index contributed by atoms with van der Waals surface area (Å²) in [5.74, 6) is 1.67. The van der Waals surface area contributed by atoms with Gasteiger partial charge < -0.3 is 0 Å². The Bertz CT molecular complexity index is 508. The van der Waals surface area contributed by atoms with Gasteiger partial charge >= 0.3 is 0 Å². The van der Waals surface area contributed by atoms with Gasteiger partial charge in [0.15, 0.2) is 0 Å². The zero-order valence-electron chi connectivity index (χ0n) is 11.6. The quantitative estimate of drug-likeness (QED) is 0.665. The van der Waals surface area contributed by atoms with Gasteiger partial charge in [-0.05, 0) is 49.7 Å². The Morgan fingerprint density at radius 3 is 2.63 bits per heavy atom. The summed E-state index contributed by atoms with van der Waals surface area (Å²) in [6.07, 6.45) is 11.2. The highest BCUT2D eigenvalue weighted by Gasteiger charge is 2.35. The summed E-state index contributed by atoms with van der Waals surface area (Å²) in [5.41, 5.74) is 5.71. The number of allylic oxidation sites excluding steroid dienone is 2. The van der Waals surface area contributed by atoms with Crippen molar-refractivity contribution in [2.24, 2.45) is 11.8 Å². The van der Waals surface area contributed by atoms with Crippen molar-refractivity contribution in [2.75, 3.05) is 0 Å². The lowest BCUT2D eigenvalue weighted by Crippen LogP contribution is -2.24. The van der Waals surface area contributed by atoms with Crippen LogP contribution in [-0.4, -0.2) is 0 Å². The second-order valence-corrected chi connectivity index (χ2v) is 6.39. The van der Waals surface area contributed by atoms with Crippen LogP contribution in [0.3, 0.4) is 0 Å². The molecule has 0 amide bonds. The van der Waals surface area contributed by atoms with Crippen molar-refractivity contribution in [3.63, 3.8) is 0 Å². The summed E-state index contributed by atoms with van der Waals surface area (Å²) in [6.45, 7) is 0. The zero-order chi connectivity index (χ0) is 12.7. The van der Waals surface area contributed by atoms with Gasteiger partial charge in [-0.25, -0.2) is 0 Å². The van der Waals surface area contributed by atoms with Crippen LogP contribution in [0, 0.1) is 11.8 Å². The van der Waals surface area contributed by atoms with Crippen molar-refractivity contribution in [3.8, 4) is 0 Å². The minimum absolute atomic E-state index is 0.761. The summed E-state index contributed by atoms with van der Waals surface area (Å²) in [7, 11) is 0. The molecule has 0 N–H and O–H groups in total. The van der Waals surface area contributed by atoms with Crippen LogP contribution in [0.5, 0.6) is 0 Å². The number of benzene rings is 1. The summed E-state index contributed by atoms with van der Waals surface area (Å²) in [5, 5.41) is 5.01. The molecule has 0 spiro atoms. The minimum Gasteiger partial charge on any atom is -0.252 e. The molecule has 2 aliphatic carbocycles. The highest BCUT2D eigenvalue weighted by molar-refractivity contribution is 5.82. The molecule has 1 heteroatoms. The van der Waals surface area contributed by atoms with Gasteiger partial charge in [-0.2, -0.15) is 0 Å². The molecule has 1 fully saturated rings. The first-order chi connectivity index (χ1) is 9.43. The maximum absolute atomic E-state index is 5.01. The summed E-state index contributed by atoms with van der Waals surface area (Å²) in [4.78, 5) is 0. The number of hydrogen-bond donors (Lipinski definition) is 0. The average molecular weight is 252 g/mol. The summed E-state index contributed by atoms with van der Waals surface area (Å²) < 4.78 is 0. The topological polar surface area (TPSA) is 14.1 Å². The van der Waals surface area contributed by atoms with Crippen molar-refractivity contribution in [2.45, 2.75) is 51.4 Å². The molecule has 0 saturated heterocycles. The first kappa shape index (κ1) is 11.6. The Balaban J connectivity index is 1.67. The van der Waals surface area contributed by atoms with Gasteiger partial charge in [-0.15, -0.1) is 0 Å². The summed E-state index contributed by atoms with van der Waals surface area (Å²) in [6, 6.07) is 8.74. The largest absolute Gasteiger partial charge is 0.252 e. The minimum atomic E-state index is 0.761. The lowest BCUT2D eigenvalue weighted by Gasteiger charge is -2.33. The normalized spacial score (nSPS) is 26.8. The molecule has 1 nitrogen and oxygen atoms in total.